The highest BCUT2D eigenvalue weighted by molar-refractivity contribution is 7.07. The van der Waals surface area contributed by atoms with E-state index in [1.165, 1.54) is 28.8 Å². The van der Waals surface area contributed by atoms with Gasteiger partial charge >= 0.3 is 0 Å². The summed E-state index contributed by atoms with van der Waals surface area (Å²) in [5.41, 5.74) is 5.42. The van der Waals surface area contributed by atoms with Crippen LogP contribution >= 0.6 is 11.3 Å². The van der Waals surface area contributed by atoms with Crippen molar-refractivity contribution in [2.75, 3.05) is 0 Å². The number of aryl methyl sites for hydroxylation is 2. The molecule has 3 nitrogen and oxygen atoms in total. The van der Waals surface area contributed by atoms with E-state index in [4.69, 9.17) is 9.41 Å². The van der Waals surface area contributed by atoms with Crippen molar-refractivity contribution in [3.05, 3.63) is 93.7 Å². The number of benzene rings is 2. The topological polar surface area (TPSA) is 30.4 Å². The van der Waals surface area contributed by atoms with Crippen LogP contribution in [0.2, 0.25) is 0 Å². The third-order valence-electron chi connectivity index (χ3n) is 4.41. The van der Waals surface area contributed by atoms with Crippen molar-refractivity contribution in [2.24, 2.45) is 4.99 Å². The average Bonchev–Trinajstić information content (AvgIpc) is 3.30. The first-order chi connectivity index (χ1) is 13.1. The Labute approximate surface area is 161 Å². The Morgan fingerprint density at radius 1 is 1.07 bits per heavy atom. The predicted octanol–water partition coefficient (Wildman–Crippen LogP) is 5.85. The molecule has 2 aromatic heterocycles. The second kappa shape index (κ2) is 7.37. The van der Waals surface area contributed by atoms with Gasteiger partial charge in [-0.1, -0.05) is 17.7 Å². The maximum absolute atomic E-state index is 13.2. The molecule has 0 saturated heterocycles. The zero-order valence-electron chi connectivity index (χ0n) is 15.1. The fourth-order valence-electron chi connectivity index (χ4n) is 2.98. The summed E-state index contributed by atoms with van der Waals surface area (Å²) in [5, 5.41) is 2.12. The summed E-state index contributed by atoms with van der Waals surface area (Å²) in [5.74, 6) is 0.597. The van der Waals surface area contributed by atoms with E-state index in [9.17, 15) is 4.39 Å². The van der Waals surface area contributed by atoms with Crippen molar-refractivity contribution in [1.82, 2.24) is 4.57 Å². The largest absolute Gasteiger partial charge is 0.467 e. The van der Waals surface area contributed by atoms with E-state index in [-0.39, 0.29) is 5.82 Å². The standard InChI is InChI=1S/C22H19FN2OS/c1-15-5-6-16(2)20(12-15)21-14-27-22(24-18-9-7-17(23)8-10-18)25(21)13-19-4-3-11-26-19/h3-12,14H,13H2,1-2H3. The van der Waals surface area contributed by atoms with Crippen LogP contribution in [0.15, 0.2) is 75.7 Å². The van der Waals surface area contributed by atoms with E-state index in [1.807, 2.05) is 12.1 Å². The van der Waals surface area contributed by atoms with Gasteiger partial charge in [-0.15, -0.1) is 11.3 Å². The molecule has 0 fully saturated rings. The number of nitrogens with zero attached hydrogens (tertiary/aromatic N) is 2. The average molecular weight is 378 g/mol. The minimum absolute atomic E-state index is 0.264. The van der Waals surface area contributed by atoms with Gasteiger partial charge < -0.3 is 8.98 Å². The van der Waals surface area contributed by atoms with Crippen molar-refractivity contribution < 1.29 is 8.81 Å². The SMILES string of the molecule is Cc1ccc(C)c(-c2csc(=Nc3ccc(F)cc3)n2Cc2ccco2)c1. The Bertz CT molecular complexity index is 1120. The molecular formula is C22H19FN2OS. The molecule has 0 spiro atoms. The fraction of sp³-hybridized carbons (Fsp3) is 0.136. The van der Waals surface area contributed by atoms with Gasteiger partial charge in [-0.3, -0.25) is 0 Å². The lowest BCUT2D eigenvalue weighted by Gasteiger charge is -2.11. The molecule has 0 aliphatic heterocycles. The van der Waals surface area contributed by atoms with Crippen LogP contribution in [-0.4, -0.2) is 4.57 Å². The lowest BCUT2D eigenvalue weighted by Crippen LogP contribution is -2.16. The van der Waals surface area contributed by atoms with Crippen LogP contribution in [0.1, 0.15) is 16.9 Å². The van der Waals surface area contributed by atoms with E-state index in [0.29, 0.717) is 6.54 Å². The van der Waals surface area contributed by atoms with E-state index in [1.54, 1.807) is 29.7 Å². The van der Waals surface area contributed by atoms with Gasteiger partial charge in [0.15, 0.2) is 4.80 Å². The van der Waals surface area contributed by atoms with Gasteiger partial charge in [0.1, 0.15) is 11.6 Å². The lowest BCUT2D eigenvalue weighted by atomic mass is 10.0. The number of thiazole rings is 1. The van der Waals surface area contributed by atoms with Gasteiger partial charge in [-0.25, -0.2) is 9.38 Å². The van der Waals surface area contributed by atoms with Crippen LogP contribution in [0.3, 0.4) is 0 Å². The monoisotopic (exact) mass is 378 g/mol. The molecule has 27 heavy (non-hydrogen) atoms. The smallest absolute Gasteiger partial charge is 0.190 e. The summed E-state index contributed by atoms with van der Waals surface area (Å²) in [6, 6.07) is 16.5. The van der Waals surface area contributed by atoms with Crippen LogP contribution < -0.4 is 4.80 Å². The Morgan fingerprint density at radius 3 is 2.63 bits per heavy atom. The van der Waals surface area contributed by atoms with E-state index < -0.39 is 0 Å². The highest BCUT2D eigenvalue weighted by Crippen LogP contribution is 2.26. The number of hydrogen-bond acceptors (Lipinski definition) is 3. The fourth-order valence-corrected chi connectivity index (χ4v) is 3.90. The molecule has 2 aromatic carbocycles. The molecule has 0 saturated carbocycles. The van der Waals surface area contributed by atoms with Crippen LogP contribution in [-0.2, 0) is 6.54 Å². The van der Waals surface area contributed by atoms with Crippen LogP contribution in [0, 0.1) is 19.7 Å². The Hall–Kier alpha value is -2.92. The molecule has 2 heterocycles. The first kappa shape index (κ1) is 17.5. The van der Waals surface area contributed by atoms with Crippen LogP contribution in [0.25, 0.3) is 11.3 Å². The van der Waals surface area contributed by atoms with Gasteiger partial charge in [-0.05, 0) is 61.9 Å². The summed E-state index contributed by atoms with van der Waals surface area (Å²) >= 11 is 1.57. The molecule has 0 atom stereocenters. The zero-order chi connectivity index (χ0) is 18.8. The number of furan rings is 1. The Morgan fingerprint density at radius 2 is 1.89 bits per heavy atom. The first-order valence-corrected chi connectivity index (χ1v) is 9.57. The van der Waals surface area contributed by atoms with Gasteiger partial charge in [-0.2, -0.15) is 0 Å². The number of hydrogen-bond donors (Lipinski definition) is 0. The molecule has 0 aliphatic carbocycles. The zero-order valence-corrected chi connectivity index (χ0v) is 16.0. The minimum Gasteiger partial charge on any atom is -0.467 e. The molecule has 5 heteroatoms. The molecule has 0 aliphatic rings. The van der Waals surface area contributed by atoms with Crippen molar-refractivity contribution in [2.45, 2.75) is 20.4 Å². The molecule has 0 bridgehead atoms. The van der Waals surface area contributed by atoms with Gasteiger partial charge in [0, 0.05) is 10.9 Å². The lowest BCUT2D eigenvalue weighted by molar-refractivity contribution is 0.492. The van der Waals surface area contributed by atoms with Crippen molar-refractivity contribution in [1.29, 1.82) is 0 Å². The molecular weight excluding hydrogens is 359 g/mol. The van der Waals surface area contributed by atoms with Gasteiger partial charge in [0.2, 0.25) is 0 Å². The second-order valence-corrected chi connectivity index (χ2v) is 7.31. The van der Waals surface area contributed by atoms with E-state index >= 15 is 0 Å². The third kappa shape index (κ3) is 3.78. The van der Waals surface area contributed by atoms with Gasteiger partial charge in [0.05, 0.1) is 24.2 Å². The Balaban J connectivity index is 1.88. The van der Waals surface area contributed by atoms with E-state index in [0.717, 1.165) is 21.9 Å². The maximum atomic E-state index is 13.2. The number of halogens is 1. The second-order valence-electron chi connectivity index (χ2n) is 6.48. The molecule has 0 radical (unpaired) electrons. The summed E-state index contributed by atoms with van der Waals surface area (Å²) in [6.45, 7) is 4.79. The summed E-state index contributed by atoms with van der Waals surface area (Å²) in [7, 11) is 0. The van der Waals surface area contributed by atoms with Crippen molar-refractivity contribution >= 4 is 17.0 Å². The predicted molar refractivity (Wildman–Crippen MR) is 107 cm³/mol. The maximum Gasteiger partial charge on any atom is 0.190 e. The summed E-state index contributed by atoms with van der Waals surface area (Å²) < 4.78 is 20.9. The first-order valence-electron chi connectivity index (χ1n) is 8.69. The molecule has 4 aromatic rings. The van der Waals surface area contributed by atoms with Crippen molar-refractivity contribution in [3.63, 3.8) is 0 Å². The summed E-state index contributed by atoms with van der Waals surface area (Å²) in [6.07, 6.45) is 1.68. The van der Waals surface area contributed by atoms with Gasteiger partial charge in [0.25, 0.3) is 0 Å². The molecule has 0 N–H and O–H groups in total. The number of rotatable bonds is 4. The molecule has 136 valence electrons. The van der Waals surface area contributed by atoms with Crippen LogP contribution in [0.4, 0.5) is 10.1 Å². The van der Waals surface area contributed by atoms with Crippen molar-refractivity contribution in [3.8, 4) is 11.3 Å². The normalized spacial score (nSPS) is 11.9. The third-order valence-corrected chi connectivity index (χ3v) is 5.28. The van der Waals surface area contributed by atoms with E-state index in [2.05, 4.69) is 42.0 Å². The molecule has 0 unspecified atom stereocenters. The quantitative estimate of drug-likeness (QED) is 0.438. The van der Waals surface area contributed by atoms with Crippen LogP contribution in [0.5, 0.6) is 0 Å². The molecule has 0 amide bonds. The minimum atomic E-state index is -0.264. The highest BCUT2D eigenvalue weighted by atomic mass is 32.1. The Kier molecular flexibility index (Phi) is 4.77. The summed E-state index contributed by atoms with van der Waals surface area (Å²) in [4.78, 5) is 5.58. The molecule has 4 rings (SSSR count). The highest BCUT2D eigenvalue weighted by Gasteiger charge is 2.12. The number of aromatic nitrogens is 1.